The number of hydrogen-bond acceptors (Lipinski definition) is 3. The van der Waals surface area contributed by atoms with Crippen LogP contribution in [0.15, 0.2) is 18.5 Å². The zero-order valence-electron chi connectivity index (χ0n) is 10.2. The Morgan fingerprint density at radius 1 is 1.47 bits per heavy atom. The molecule has 2 heterocycles. The van der Waals surface area contributed by atoms with Crippen molar-refractivity contribution in [2.75, 3.05) is 13.1 Å². The molecule has 0 amide bonds. The molecule has 2 aromatic rings. The molecule has 3 rings (SSSR count). The van der Waals surface area contributed by atoms with Gasteiger partial charge in [0.15, 0.2) is 0 Å². The quantitative estimate of drug-likeness (QED) is 0.798. The molecular weight excluding hydrogens is 212 g/mol. The van der Waals surface area contributed by atoms with Gasteiger partial charge in [0, 0.05) is 25.2 Å². The number of pyridine rings is 1. The van der Waals surface area contributed by atoms with Gasteiger partial charge in [-0.15, -0.1) is 0 Å². The minimum absolute atomic E-state index is 0.680. The van der Waals surface area contributed by atoms with E-state index in [0.717, 1.165) is 25.0 Å². The summed E-state index contributed by atoms with van der Waals surface area (Å²) in [5.41, 5.74) is 2.28. The average molecular weight is 230 g/mol. The van der Waals surface area contributed by atoms with Crippen molar-refractivity contribution in [1.29, 1.82) is 0 Å². The van der Waals surface area contributed by atoms with Gasteiger partial charge in [-0.2, -0.15) is 0 Å². The first-order valence-electron chi connectivity index (χ1n) is 6.41. The molecular formula is C13H18N4. The van der Waals surface area contributed by atoms with Gasteiger partial charge < -0.3 is 9.88 Å². The molecule has 0 atom stereocenters. The number of imidazole rings is 1. The van der Waals surface area contributed by atoms with Crippen LogP contribution < -0.4 is 5.32 Å². The Balaban J connectivity index is 1.95. The van der Waals surface area contributed by atoms with Gasteiger partial charge in [-0.25, -0.2) is 4.98 Å². The van der Waals surface area contributed by atoms with E-state index in [1.54, 1.807) is 0 Å². The van der Waals surface area contributed by atoms with Gasteiger partial charge in [0.2, 0.25) is 0 Å². The molecule has 0 spiro atoms. The van der Waals surface area contributed by atoms with Crippen molar-refractivity contribution in [2.24, 2.45) is 0 Å². The van der Waals surface area contributed by atoms with Crippen LogP contribution in [0.5, 0.6) is 0 Å². The molecule has 0 aliphatic heterocycles. The van der Waals surface area contributed by atoms with Gasteiger partial charge in [0.1, 0.15) is 11.3 Å². The van der Waals surface area contributed by atoms with Crippen molar-refractivity contribution in [3.63, 3.8) is 0 Å². The van der Waals surface area contributed by atoms with E-state index >= 15 is 0 Å². The van der Waals surface area contributed by atoms with E-state index in [-0.39, 0.29) is 0 Å². The zero-order valence-corrected chi connectivity index (χ0v) is 10.2. The summed E-state index contributed by atoms with van der Waals surface area (Å²) >= 11 is 0. The van der Waals surface area contributed by atoms with Gasteiger partial charge in [-0.3, -0.25) is 4.98 Å². The molecule has 0 saturated heterocycles. The summed E-state index contributed by atoms with van der Waals surface area (Å²) in [6.45, 7) is 4.15. The van der Waals surface area contributed by atoms with Crippen LogP contribution in [0.1, 0.15) is 31.6 Å². The third kappa shape index (κ3) is 2.05. The highest BCUT2D eigenvalue weighted by atomic mass is 15.1. The smallest absolute Gasteiger partial charge is 0.111 e. The second kappa shape index (κ2) is 4.45. The largest absolute Gasteiger partial charge is 0.325 e. The summed E-state index contributed by atoms with van der Waals surface area (Å²) in [5.74, 6) is 1.21. The van der Waals surface area contributed by atoms with Gasteiger partial charge in [0.05, 0.1) is 11.7 Å². The monoisotopic (exact) mass is 230 g/mol. The minimum atomic E-state index is 0.680. The zero-order chi connectivity index (χ0) is 11.7. The summed E-state index contributed by atoms with van der Waals surface area (Å²) in [4.78, 5) is 8.86. The molecule has 4 heteroatoms. The Labute approximate surface area is 101 Å². The Bertz CT molecular complexity index is 513. The van der Waals surface area contributed by atoms with Crippen LogP contribution in [0.3, 0.4) is 0 Å². The van der Waals surface area contributed by atoms with Crippen molar-refractivity contribution in [1.82, 2.24) is 19.9 Å². The molecule has 2 aromatic heterocycles. The molecule has 4 nitrogen and oxygen atoms in total. The Morgan fingerprint density at radius 2 is 2.35 bits per heavy atom. The van der Waals surface area contributed by atoms with Gasteiger partial charge in [0.25, 0.3) is 0 Å². The van der Waals surface area contributed by atoms with Crippen molar-refractivity contribution >= 4 is 11.0 Å². The minimum Gasteiger partial charge on any atom is -0.325 e. The van der Waals surface area contributed by atoms with Crippen LogP contribution in [0.2, 0.25) is 0 Å². The highest BCUT2D eigenvalue weighted by molar-refractivity contribution is 5.75. The average Bonchev–Trinajstić information content (AvgIpc) is 3.11. The van der Waals surface area contributed by atoms with Crippen LogP contribution in [-0.4, -0.2) is 27.6 Å². The lowest BCUT2D eigenvalue weighted by atomic mass is 10.3. The fraction of sp³-hybridized carbons (Fsp3) is 0.538. The van der Waals surface area contributed by atoms with Crippen LogP contribution in [0, 0.1) is 0 Å². The molecule has 17 heavy (non-hydrogen) atoms. The first kappa shape index (κ1) is 10.7. The van der Waals surface area contributed by atoms with Crippen molar-refractivity contribution < 1.29 is 0 Å². The number of nitrogens with one attached hydrogen (secondary N) is 1. The molecule has 1 N–H and O–H groups in total. The molecule has 0 bridgehead atoms. The molecule has 0 aromatic carbocycles. The number of nitrogens with zero attached hydrogens (tertiary/aromatic N) is 3. The lowest BCUT2D eigenvalue weighted by molar-refractivity contribution is 0.648. The molecule has 1 fully saturated rings. The Hall–Kier alpha value is -1.42. The summed E-state index contributed by atoms with van der Waals surface area (Å²) in [7, 11) is 0. The maximum atomic E-state index is 4.71. The van der Waals surface area contributed by atoms with Gasteiger partial charge in [-0.05, 0) is 25.5 Å². The summed E-state index contributed by atoms with van der Waals surface area (Å²) < 4.78 is 2.41. The van der Waals surface area contributed by atoms with Crippen LogP contribution in [0.25, 0.3) is 11.0 Å². The molecule has 1 saturated carbocycles. The van der Waals surface area contributed by atoms with E-state index in [0.29, 0.717) is 6.04 Å². The maximum absolute atomic E-state index is 4.71. The second-order valence-corrected chi connectivity index (χ2v) is 4.60. The molecule has 90 valence electrons. The predicted molar refractivity (Wildman–Crippen MR) is 68.0 cm³/mol. The van der Waals surface area contributed by atoms with Gasteiger partial charge in [-0.1, -0.05) is 6.92 Å². The predicted octanol–water partition coefficient (Wildman–Crippen LogP) is 1.92. The number of likely N-dealkylation sites (N-methyl/N-ethyl adjacent to an activating group) is 1. The topological polar surface area (TPSA) is 42.7 Å². The van der Waals surface area contributed by atoms with Gasteiger partial charge >= 0.3 is 0 Å². The summed E-state index contributed by atoms with van der Waals surface area (Å²) in [5, 5.41) is 3.36. The normalized spacial score (nSPS) is 15.6. The van der Waals surface area contributed by atoms with Crippen molar-refractivity contribution in [3.05, 3.63) is 24.3 Å². The van der Waals surface area contributed by atoms with E-state index in [9.17, 15) is 0 Å². The lowest BCUT2D eigenvalue weighted by Gasteiger charge is -2.07. The van der Waals surface area contributed by atoms with Crippen molar-refractivity contribution in [3.8, 4) is 0 Å². The number of aromatic nitrogens is 3. The molecule has 0 unspecified atom stereocenters. The van der Waals surface area contributed by atoms with Crippen molar-refractivity contribution in [2.45, 2.75) is 32.2 Å². The fourth-order valence-electron chi connectivity index (χ4n) is 2.29. The first-order valence-corrected chi connectivity index (χ1v) is 6.41. The molecule has 0 radical (unpaired) electrons. The highest BCUT2D eigenvalue weighted by Crippen LogP contribution is 2.38. The second-order valence-electron chi connectivity index (χ2n) is 4.60. The third-order valence-corrected chi connectivity index (χ3v) is 3.25. The van der Waals surface area contributed by atoms with E-state index in [2.05, 4.69) is 27.9 Å². The van der Waals surface area contributed by atoms with E-state index in [1.165, 1.54) is 24.2 Å². The number of hydrogen-bond donors (Lipinski definition) is 1. The van der Waals surface area contributed by atoms with Crippen LogP contribution in [0.4, 0.5) is 0 Å². The van der Waals surface area contributed by atoms with E-state index < -0.39 is 0 Å². The Morgan fingerprint density at radius 3 is 3.12 bits per heavy atom. The maximum Gasteiger partial charge on any atom is 0.111 e. The fourth-order valence-corrected chi connectivity index (χ4v) is 2.29. The Kier molecular flexibility index (Phi) is 2.81. The van der Waals surface area contributed by atoms with E-state index in [4.69, 9.17) is 4.98 Å². The standard InChI is InChI=1S/C13H18N4/c1-2-14-8-6-13-16-11-9-15-7-5-12(11)17(13)10-3-4-10/h5,7,9-10,14H,2-4,6,8H2,1H3. The number of fused-ring (bicyclic) bond motifs is 1. The number of rotatable bonds is 5. The summed E-state index contributed by atoms with van der Waals surface area (Å²) in [6, 6.07) is 2.76. The van der Waals surface area contributed by atoms with Crippen LogP contribution >= 0.6 is 0 Å². The lowest BCUT2D eigenvalue weighted by Crippen LogP contribution is -2.18. The third-order valence-electron chi connectivity index (χ3n) is 3.25. The highest BCUT2D eigenvalue weighted by Gasteiger charge is 2.27. The molecule has 1 aliphatic rings. The first-order chi connectivity index (χ1) is 8.40. The molecule has 1 aliphatic carbocycles. The van der Waals surface area contributed by atoms with E-state index in [1.807, 2.05) is 12.4 Å². The summed E-state index contributed by atoms with van der Waals surface area (Å²) in [6.07, 6.45) is 7.31. The SMILES string of the molecule is CCNCCc1nc2cnccc2n1C1CC1. The van der Waals surface area contributed by atoms with Crippen LogP contribution in [-0.2, 0) is 6.42 Å².